The number of nitrogens with one attached hydrogen (secondary N) is 1. The van der Waals surface area contributed by atoms with Crippen molar-refractivity contribution < 1.29 is 23.1 Å². The SMILES string of the molecule is CCC(NC(=O)N1CCS(=O)(=O)CC1CC(=O)O)C(C)C. The number of hydrogen-bond donors (Lipinski definition) is 2. The van der Waals surface area contributed by atoms with Gasteiger partial charge in [0.05, 0.1) is 24.0 Å². The maximum absolute atomic E-state index is 12.3. The number of sulfone groups is 1. The molecule has 0 aliphatic carbocycles. The molecule has 122 valence electrons. The molecule has 1 fully saturated rings. The Morgan fingerprint density at radius 3 is 2.48 bits per heavy atom. The summed E-state index contributed by atoms with van der Waals surface area (Å²) in [6, 6.07) is -1.19. The van der Waals surface area contributed by atoms with Crippen molar-refractivity contribution in [2.75, 3.05) is 18.1 Å². The minimum absolute atomic E-state index is 0.0125. The number of carbonyl (C=O) groups is 2. The molecule has 0 saturated carbocycles. The van der Waals surface area contributed by atoms with E-state index >= 15 is 0 Å². The number of carboxylic acid groups (broad SMARTS) is 1. The molecule has 2 amide bonds. The van der Waals surface area contributed by atoms with Crippen LogP contribution in [0.4, 0.5) is 4.79 Å². The lowest BCUT2D eigenvalue weighted by molar-refractivity contribution is -0.138. The summed E-state index contributed by atoms with van der Waals surface area (Å²) in [7, 11) is -3.28. The largest absolute Gasteiger partial charge is 0.481 e. The van der Waals surface area contributed by atoms with Gasteiger partial charge in [0.15, 0.2) is 9.84 Å². The topological polar surface area (TPSA) is 104 Å². The molecular weight excluding hydrogens is 296 g/mol. The Balaban J connectivity index is 2.82. The Morgan fingerprint density at radius 1 is 1.38 bits per heavy atom. The van der Waals surface area contributed by atoms with Gasteiger partial charge in [0, 0.05) is 12.6 Å². The van der Waals surface area contributed by atoms with E-state index in [0.29, 0.717) is 0 Å². The third-order valence-corrected chi connectivity index (χ3v) is 5.45. The monoisotopic (exact) mass is 320 g/mol. The summed E-state index contributed by atoms with van der Waals surface area (Å²) in [4.78, 5) is 24.5. The van der Waals surface area contributed by atoms with Crippen LogP contribution in [0.3, 0.4) is 0 Å². The van der Waals surface area contributed by atoms with Crippen molar-refractivity contribution in [2.24, 2.45) is 5.92 Å². The molecule has 0 radical (unpaired) electrons. The minimum Gasteiger partial charge on any atom is -0.481 e. The highest BCUT2D eigenvalue weighted by molar-refractivity contribution is 7.91. The minimum atomic E-state index is -3.28. The molecule has 1 heterocycles. The Morgan fingerprint density at radius 2 is 2.00 bits per heavy atom. The number of hydrogen-bond acceptors (Lipinski definition) is 4. The molecule has 1 rings (SSSR count). The summed E-state index contributed by atoms with van der Waals surface area (Å²) in [5.74, 6) is -1.25. The summed E-state index contributed by atoms with van der Waals surface area (Å²) >= 11 is 0. The van der Waals surface area contributed by atoms with Crippen LogP contribution in [-0.2, 0) is 14.6 Å². The summed E-state index contributed by atoms with van der Waals surface area (Å²) in [6.07, 6.45) is 0.407. The summed E-state index contributed by atoms with van der Waals surface area (Å²) in [6.45, 7) is 5.98. The average Bonchev–Trinajstić information content (AvgIpc) is 2.33. The van der Waals surface area contributed by atoms with Gasteiger partial charge in [-0.15, -0.1) is 0 Å². The smallest absolute Gasteiger partial charge is 0.317 e. The molecule has 2 N–H and O–H groups in total. The maximum atomic E-state index is 12.3. The molecule has 8 heteroatoms. The van der Waals surface area contributed by atoms with Gasteiger partial charge in [-0.3, -0.25) is 4.79 Å². The summed E-state index contributed by atoms with van der Waals surface area (Å²) in [5, 5.41) is 11.8. The van der Waals surface area contributed by atoms with E-state index in [4.69, 9.17) is 5.11 Å². The van der Waals surface area contributed by atoms with Crippen LogP contribution in [0, 0.1) is 5.92 Å². The standard InChI is InChI=1S/C13H24N2O5S/c1-4-11(9(2)3)14-13(18)15-5-6-21(19,20)8-10(15)7-12(16)17/h9-11H,4-8H2,1-3H3,(H,14,18)(H,16,17). The highest BCUT2D eigenvalue weighted by Gasteiger charge is 2.36. The lowest BCUT2D eigenvalue weighted by Gasteiger charge is -2.36. The number of aliphatic carboxylic acids is 1. The van der Waals surface area contributed by atoms with E-state index in [1.165, 1.54) is 4.90 Å². The van der Waals surface area contributed by atoms with Crippen molar-refractivity contribution in [1.29, 1.82) is 0 Å². The molecule has 21 heavy (non-hydrogen) atoms. The van der Waals surface area contributed by atoms with Crippen LogP contribution >= 0.6 is 0 Å². The Kier molecular flexibility index (Phi) is 6.00. The normalized spacial score (nSPS) is 22.9. The molecule has 1 aliphatic rings. The van der Waals surface area contributed by atoms with Gasteiger partial charge < -0.3 is 15.3 Å². The lowest BCUT2D eigenvalue weighted by Crippen LogP contribution is -2.56. The van der Waals surface area contributed by atoms with Crippen molar-refractivity contribution >= 4 is 21.8 Å². The quantitative estimate of drug-likeness (QED) is 0.776. The van der Waals surface area contributed by atoms with E-state index in [1.54, 1.807) is 0 Å². The van der Waals surface area contributed by atoms with Gasteiger partial charge in [-0.1, -0.05) is 20.8 Å². The first-order valence-corrected chi connectivity index (χ1v) is 8.97. The van der Waals surface area contributed by atoms with Gasteiger partial charge >= 0.3 is 12.0 Å². The van der Waals surface area contributed by atoms with Crippen molar-refractivity contribution in [3.63, 3.8) is 0 Å². The molecule has 0 aromatic heterocycles. The predicted octanol–water partition coefficient (Wildman–Crippen LogP) is 0.704. The van der Waals surface area contributed by atoms with Crippen LogP contribution < -0.4 is 5.32 Å². The van der Waals surface area contributed by atoms with Gasteiger partial charge in [-0.2, -0.15) is 0 Å². The Hall–Kier alpha value is -1.31. The predicted molar refractivity (Wildman–Crippen MR) is 78.8 cm³/mol. The molecular formula is C13H24N2O5S. The molecule has 2 atom stereocenters. The first-order chi connectivity index (χ1) is 9.66. The first kappa shape index (κ1) is 17.7. The summed E-state index contributed by atoms with van der Waals surface area (Å²) < 4.78 is 23.3. The highest BCUT2D eigenvalue weighted by atomic mass is 32.2. The van der Waals surface area contributed by atoms with Gasteiger partial charge in [-0.05, 0) is 12.3 Å². The van der Waals surface area contributed by atoms with E-state index in [1.807, 2.05) is 20.8 Å². The zero-order valence-corrected chi connectivity index (χ0v) is 13.5. The number of carbonyl (C=O) groups excluding carboxylic acids is 1. The van der Waals surface area contributed by atoms with Crippen LogP contribution in [0.2, 0.25) is 0 Å². The van der Waals surface area contributed by atoms with Crippen molar-refractivity contribution in [1.82, 2.24) is 10.2 Å². The number of rotatable bonds is 5. The molecule has 7 nitrogen and oxygen atoms in total. The highest BCUT2D eigenvalue weighted by Crippen LogP contribution is 2.16. The van der Waals surface area contributed by atoms with Gasteiger partial charge in [0.2, 0.25) is 0 Å². The molecule has 0 spiro atoms. The fourth-order valence-corrected chi connectivity index (χ4v) is 4.03. The van der Waals surface area contributed by atoms with Crippen LogP contribution in [0.1, 0.15) is 33.6 Å². The molecule has 1 saturated heterocycles. The van der Waals surface area contributed by atoms with Crippen LogP contribution in [0.15, 0.2) is 0 Å². The fourth-order valence-electron chi connectivity index (χ4n) is 2.51. The van der Waals surface area contributed by atoms with Crippen molar-refractivity contribution in [2.45, 2.75) is 45.7 Å². The maximum Gasteiger partial charge on any atom is 0.317 e. The molecule has 0 aromatic rings. The van der Waals surface area contributed by atoms with E-state index < -0.39 is 21.8 Å². The number of carboxylic acids is 1. The number of urea groups is 1. The third-order valence-electron chi connectivity index (χ3n) is 3.75. The third kappa shape index (κ3) is 5.18. The van der Waals surface area contributed by atoms with E-state index in [9.17, 15) is 18.0 Å². The van der Waals surface area contributed by atoms with Crippen LogP contribution in [0.5, 0.6) is 0 Å². The Labute approximate surface area is 125 Å². The van der Waals surface area contributed by atoms with E-state index in [0.717, 1.165) is 6.42 Å². The zero-order chi connectivity index (χ0) is 16.2. The average molecular weight is 320 g/mol. The molecule has 0 bridgehead atoms. The Bertz CT molecular complexity index is 489. The molecule has 2 unspecified atom stereocenters. The van der Waals surface area contributed by atoms with Crippen molar-refractivity contribution in [3.8, 4) is 0 Å². The molecule has 0 aromatic carbocycles. The van der Waals surface area contributed by atoms with E-state index in [2.05, 4.69) is 5.32 Å². The molecule has 1 aliphatic heterocycles. The lowest BCUT2D eigenvalue weighted by atomic mass is 10.0. The van der Waals surface area contributed by atoms with Gasteiger partial charge in [-0.25, -0.2) is 13.2 Å². The van der Waals surface area contributed by atoms with Gasteiger partial charge in [0.25, 0.3) is 0 Å². The second kappa shape index (κ2) is 7.11. The second-order valence-electron chi connectivity index (χ2n) is 5.77. The van der Waals surface area contributed by atoms with Gasteiger partial charge in [0.1, 0.15) is 0 Å². The summed E-state index contributed by atoms with van der Waals surface area (Å²) in [5.41, 5.74) is 0. The van der Waals surface area contributed by atoms with Crippen LogP contribution in [-0.4, -0.2) is 60.6 Å². The zero-order valence-electron chi connectivity index (χ0n) is 12.7. The number of nitrogens with zero attached hydrogens (tertiary/aromatic N) is 1. The second-order valence-corrected chi connectivity index (χ2v) is 8.00. The fraction of sp³-hybridized carbons (Fsp3) is 0.846. The number of amides is 2. The van der Waals surface area contributed by atoms with Crippen LogP contribution in [0.25, 0.3) is 0 Å². The van der Waals surface area contributed by atoms with E-state index in [-0.39, 0.29) is 42.5 Å². The van der Waals surface area contributed by atoms with Crippen molar-refractivity contribution in [3.05, 3.63) is 0 Å². The first-order valence-electron chi connectivity index (χ1n) is 7.15.